The van der Waals surface area contributed by atoms with E-state index in [2.05, 4.69) is 31.2 Å². The number of halogens is 1. The fraction of sp³-hybridized carbons (Fsp3) is 0.333. The number of nitrogens with zero attached hydrogens (tertiary/aromatic N) is 2. The van der Waals surface area contributed by atoms with E-state index < -0.39 is 0 Å². The highest BCUT2D eigenvalue weighted by Crippen LogP contribution is 2.28. The lowest BCUT2D eigenvalue weighted by molar-refractivity contribution is 0.371. The quantitative estimate of drug-likeness (QED) is 0.919. The molecule has 0 aliphatic rings. The standard InChI is InChI=1S/C12H14BrN3O2/c1-3-14-10(8-4-5-9(13)18-8)11-12(17-2)16-7-6-15-11/h4-7,10,14H,3H2,1-2H3. The Bertz CT molecular complexity index is 516. The number of aromatic nitrogens is 2. The number of nitrogens with one attached hydrogen (secondary N) is 1. The molecule has 18 heavy (non-hydrogen) atoms. The smallest absolute Gasteiger partial charge is 0.237 e. The molecule has 2 aromatic rings. The van der Waals surface area contributed by atoms with Gasteiger partial charge in [0.15, 0.2) is 4.67 Å². The molecule has 0 aliphatic heterocycles. The first-order valence-electron chi connectivity index (χ1n) is 5.59. The van der Waals surface area contributed by atoms with Crippen LogP contribution in [0.15, 0.2) is 33.6 Å². The molecule has 1 N–H and O–H groups in total. The summed E-state index contributed by atoms with van der Waals surface area (Å²) in [5.74, 6) is 1.26. The zero-order chi connectivity index (χ0) is 13.0. The first-order valence-corrected chi connectivity index (χ1v) is 6.39. The number of methoxy groups -OCH3 is 1. The summed E-state index contributed by atoms with van der Waals surface area (Å²) < 4.78 is 11.5. The molecule has 0 amide bonds. The van der Waals surface area contributed by atoms with E-state index in [1.165, 1.54) is 0 Å². The Morgan fingerprint density at radius 1 is 1.39 bits per heavy atom. The van der Waals surface area contributed by atoms with Gasteiger partial charge in [-0.25, -0.2) is 4.98 Å². The Morgan fingerprint density at radius 3 is 2.78 bits per heavy atom. The van der Waals surface area contributed by atoms with Crippen LogP contribution in [0.25, 0.3) is 0 Å². The summed E-state index contributed by atoms with van der Waals surface area (Å²) in [7, 11) is 1.58. The first-order chi connectivity index (χ1) is 8.76. The average Bonchev–Trinajstić information content (AvgIpc) is 2.82. The summed E-state index contributed by atoms with van der Waals surface area (Å²) in [5, 5.41) is 3.31. The lowest BCUT2D eigenvalue weighted by Crippen LogP contribution is -2.23. The minimum atomic E-state index is -0.176. The van der Waals surface area contributed by atoms with Crippen LogP contribution < -0.4 is 10.1 Å². The number of ether oxygens (including phenoxy) is 1. The molecule has 0 radical (unpaired) electrons. The van der Waals surface area contributed by atoms with Crippen molar-refractivity contribution in [1.29, 1.82) is 0 Å². The Labute approximate surface area is 114 Å². The zero-order valence-electron chi connectivity index (χ0n) is 10.2. The third kappa shape index (κ3) is 2.70. The number of hydrogen-bond donors (Lipinski definition) is 1. The normalized spacial score (nSPS) is 12.4. The zero-order valence-corrected chi connectivity index (χ0v) is 11.8. The molecule has 2 heterocycles. The van der Waals surface area contributed by atoms with Crippen molar-refractivity contribution >= 4 is 15.9 Å². The predicted molar refractivity (Wildman–Crippen MR) is 70.5 cm³/mol. The van der Waals surface area contributed by atoms with Crippen molar-refractivity contribution in [2.24, 2.45) is 0 Å². The summed E-state index contributed by atoms with van der Waals surface area (Å²) in [5.41, 5.74) is 0.712. The van der Waals surface area contributed by atoms with Crippen molar-refractivity contribution in [2.45, 2.75) is 13.0 Å². The van der Waals surface area contributed by atoms with E-state index >= 15 is 0 Å². The van der Waals surface area contributed by atoms with Gasteiger partial charge in [-0.15, -0.1) is 0 Å². The Kier molecular flexibility index (Phi) is 4.33. The highest BCUT2D eigenvalue weighted by atomic mass is 79.9. The van der Waals surface area contributed by atoms with E-state index in [4.69, 9.17) is 9.15 Å². The van der Waals surface area contributed by atoms with Crippen LogP contribution in [0.2, 0.25) is 0 Å². The van der Waals surface area contributed by atoms with Gasteiger partial charge < -0.3 is 14.5 Å². The SMILES string of the molecule is CCNC(c1ccc(Br)o1)c1nccnc1OC. The average molecular weight is 312 g/mol. The largest absolute Gasteiger partial charge is 0.480 e. The molecule has 2 aromatic heterocycles. The topological polar surface area (TPSA) is 60.2 Å². The van der Waals surface area contributed by atoms with E-state index in [9.17, 15) is 0 Å². The van der Waals surface area contributed by atoms with Crippen molar-refractivity contribution < 1.29 is 9.15 Å². The highest BCUT2D eigenvalue weighted by Gasteiger charge is 2.22. The fourth-order valence-electron chi connectivity index (χ4n) is 1.71. The maximum absolute atomic E-state index is 5.58. The molecular weight excluding hydrogens is 298 g/mol. The molecule has 0 spiro atoms. The second-order valence-corrected chi connectivity index (χ2v) is 4.37. The maximum atomic E-state index is 5.58. The van der Waals surface area contributed by atoms with Crippen molar-refractivity contribution in [3.8, 4) is 5.88 Å². The van der Waals surface area contributed by atoms with Crippen LogP contribution >= 0.6 is 15.9 Å². The van der Waals surface area contributed by atoms with Crippen molar-refractivity contribution in [2.75, 3.05) is 13.7 Å². The minimum absolute atomic E-state index is 0.176. The van der Waals surface area contributed by atoms with Gasteiger partial charge in [-0.05, 0) is 34.6 Å². The Morgan fingerprint density at radius 2 is 2.17 bits per heavy atom. The molecule has 6 heteroatoms. The second kappa shape index (κ2) is 5.97. The lowest BCUT2D eigenvalue weighted by atomic mass is 10.1. The summed E-state index contributed by atoms with van der Waals surface area (Å²) in [6, 6.07) is 3.57. The van der Waals surface area contributed by atoms with Crippen molar-refractivity contribution in [3.63, 3.8) is 0 Å². The third-order valence-electron chi connectivity index (χ3n) is 2.44. The fourth-order valence-corrected chi connectivity index (χ4v) is 2.03. The lowest BCUT2D eigenvalue weighted by Gasteiger charge is -2.16. The predicted octanol–water partition coefficient (Wildman–Crippen LogP) is 2.54. The van der Waals surface area contributed by atoms with Crippen LogP contribution in [-0.4, -0.2) is 23.6 Å². The van der Waals surface area contributed by atoms with Gasteiger partial charge in [-0.3, -0.25) is 4.98 Å². The van der Waals surface area contributed by atoms with Crippen molar-refractivity contribution in [1.82, 2.24) is 15.3 Å². The summed E-state index contributed by atoms with van der Waals surface area (Å²) >= 11 is 3.30. The Hall–Kier alpha value is -1.40. The Balaban J connectivity index is 2.41. The number of rotatable bonds is 5. The van der Waals surface area contributed by atoms with Gasteiger partial charge in [-0.1, -0.05) is 6.92 Å². The van der Waals surface area contributed by atoms with E-state index in [0.717, 1.165) is 12.3 Å². The molecule has 0 saturated carbocycles. The first kappa shape index (κ1) is 13.0. The minimum Gasteiger partial charge on any atom is -0.480 e. The van der Waals surface area contributed by atoms with Crippen molar-refractivity contribution in [3.05, 3.63) is 40.7 Å². The molecule has 0 aliphatic carbocycles. The number of hydrogen-bond acceptors (Lipinski definition) is 5. The molecule has 0 aromatic carbocycles. The van der Waals surface area contributed by atoms with Crippen LogP contribution in [0.3, 0.4) is 0 Å². The van der Waals surface area contributed by atoms with Gasteiger partial charge in [0.1, 0.15) is 17.5 Å². The van der Waals surface area contributed by atoms with Crippen LogP contribution in [0.1, 0.15) is 24.4 Å². The summed E-state index contributed by atoms with van der Waals surface area (Å²) in [6.07, 6.45) is 3.24. The van der Waals surface area contributed by atoms with E-state index in [1.54, 1.807) is 19.5 Å². The van der Waals surface area contributed by atoms with E-state index in [-0.39, 0.29) is 6.04 Å². The monoisotopic (exact) mass is 311 g/mol. The molecule has 96 valence electrons. The molecule has 0 saturated heterocycles. The van der Waals surface area contributed by atoms with Gasteiger partial charge in [0.05, 0.1) is 7.11 Å². The van der Waals surface area contributed by atoms with Crippen LogP contribution in [0, 0.1) is 0 Å². The van der Waals surface area contributed by atoms with E-state index in [0.29, 0.717) is 16.2 Å². The highest BCUT2D eigenvalue weighted by molar-refractivity contribution is 9.10. The number of furan rings is 1. The van der Waals surface area contributed by atoms with Gasteiger partial charge in [-0.2, -0.15) is 0 Å². The molecule has 0 bridgehead atoms. The van der Waals surface area contributed by atoms with Gasteiger partial charge in [0.25, 0.3) is 0 Å². The van der Waals surface area contributed by atoms with Gasteiger partial charge in [0, 0.05) is 12.4 Å². The van der Waals surface area contributed by atoms with Gasteiger partial charge in [0.2, 0.25) is 5.88 Å². The van der Waals surface area contributed by atoms with Crippen LogP contribution in [-0.2, 0) is 0 Å². The van der Waals surface area contributed by atoms with Crippen LogP contribution in [0.4, 0.5) is 0 Å². The summed E-state index contributed by atoms with van der Waals surface area (Å²) in [4.78, 5) is 8.48. The van der Waals surface area contributed by atoms with Crippen LogP contribution in [0.5, 0.6) is 5.88 Å². The van der Waals surface area contributed by atoms with Gasteiger partial charge >= 0.3 is 0 Å². The molecule has 2 rings (SSSR count). The third-order valence-corrected chi connectivity index (χ3v) is 2.87. The van der Waals surface area contributed by atoms with E-state index in [1.807, 2.05) is 19.1 Å². The molecule has 5 nitrogen and oxygen atoms in total. The second-order valence-electron chi connectivity index (χ2n) is 3.58. The molecule has 0 fully saturated rings. The molecular formula is C12H14BrN3O2. The molecule has 1 atom stereocenters. The summed E-state index contributed by atoms with van der Waals surface area (Å²) in [6.45, 7) is 2.80. The maximum Gasteiger partial charge on any atom is 0.237 e. The molecule has 1 unspecified atom stereocenters.